The average Bonchev–Trinajstić information content (AvgIpc) is 2.98. The summed E-state index contributed by atoms with van der Waals surface area (Å²) in [7, 11) is 0. The van der Waals surface area contributed by atoms with Crippen molar-refractivity contribution in [2.75, 3.05) is 18.8 Å². The van der Waals surface area contributed by atoms with Crippen molar-refractivity contribution in [2.45, 2.75) is 64.3 Å². The van der Waals surface area contributed by atoms with Crippen molar-refractivity contribution < 1.29 is 0 Å². The Kier molecular flexibility index (Phi) is 5.68. The van der Waals surface area contributed by atoms with E-state index in [1.165, 1.54) is 64.5 Å². The van der Waals surface area contributed by atoms with Crippen LogP contribution in [0.2, 0.25) is 0 Å². The van der Waals surface area contributed by atoms with E-state index in [0.717, 1.165) is 23.6 Å². The van der Waals surface area contributed by atoms with Gasteiger partial charge in [0.15, 0.2) is 0 Å². The summed E-state index contributed by atoms with van der Waals surface area (Å²) >= 11 is 4.54. The fourth-order valence-corrected chi connectivity index (χ4v) is 4.23. The number of likely N-dealkylation sites (tertiary alicyclic amines) is 1. The van der Waals surface area contributed by atoms with Crippen LogP contribution >= 0.6 is 12.6 Å². The average molecular weight is 255 g/mol. The lowest BCUT2D eigenvalue weighted by molar-refractivity contribution is 0.167. The Morgan fingerprint density at radius 1 is 1.18 bits per heavy atom. The molecule has 1 saturated heterocycles. The van der Waals surface area contributed by atoms with E-state index < -0.39 is 0 Å². The third-order valence-electron chi connectivity index (χ3n) is 4.81. The second kappa shape index (κ2) is 7.04. The van der Waals surface area contributed by atoms with Crippen molar-refractivity contribution in [1.29, 1.82) is 0 Å². The molecule has 0 spiro atoms. The Hall–Kier alpha value is 0.310. The van der Waals surface area contributed by atoms with Crippen LogP contribution in [0.1, 0.15) is 58.3 Å². The molecule has 2 rings (SSSR count). The summed E-state index contributed by atoms with van der Waals surface area (Å²) in [5.74, 6) is 2.92. The molecule has 1 nitrogen and oxygen atoms in total. The van der Waals surface area contributed by atoms with Gasteiger partial charge < -0.3 is 0 Å². The van der Waals surface area contributed by atoms with Gasteiger partial charge in [-0.25, -0.2) is 0 Å². The molecule has 2 unspecified atom stereocenters. The van der Waals surface area contributed by atoms with Crippen LogP contribution in [0.25, 0.3) is 0 Å². The summed E-state index contributed by atoms with van der Waals surface area (Å²) in [4.78, 5) is 2.81. The Morgan fingerprint density at radius 3 is 2.59 bits per heavy atom. The fraction of sp³-hybridized carbons (Fsp3) is 1.00. The maximum absolute atomic E-state index is 4.54. The second-order valence-electron chi connectivity index (χ2n) is 6.09. The molecule has 2 aliphatic rings. The van der Waals surface area contributed by atoms with Gasteiger partial charge in [-0.05, 0) is 56.2 Å². The summed E-state index contributed by atoms with van der Waals surface area (Å²) in [5, 5.41) is 0. The fourth-order valence-electron chi connectivity index (χ4n) is 3.93. The molecule has 0 bridgehead atoms. The molecule has 0 aromatic rings. The van der Waals surface area contributed by atoms with Gasteiger partial charge in [0, 0.05) is 12.6 Å². The van der Waals surface area contributed by atoms with Crippen molar-refractivity contribution in [3.8, 4) is 0 Å². The number of nitrogens with zero attached hydrogens (tertiary/aromatic N) is 1. The Morgan fingerprint density at radius 2 is 1.94 bits per heavy atom. The lowest BCUT2D eigenvalue weighted by Crippen LogP contribution is -2.38. The highest BCUT2D eigenvalue weighted by Crippen LogP contribution is 2.35. The minimum atomic E-state index is 0.824. The first-order chi connectivity index (χ1) is 8.35. The smallest absolute Gasteiger partial charge is 0.0124 e. The summed E-state index contributed by atoms with van der Waals surface area (Å²) in [5.41, 5.74) is 0. The monoisotopic (exact) mass is 255 g/mol. The molecule has 2 fully saturated rings. The summed E-state index contributed by atoms with van der Waals surface area (Å²) in [6.45, 7) is 4.97. The Bertz CT molecular complexity index is 213. The van der Waals surface area contributed by atoms with Gasteiger partial charge in [-0.1, -0.05) is 26.2 Å². The zero-order valence-electron chi connectivity index (χ0n) is 11.4. The predicted octanol–water partition coefficient (Wildman–Crippen LogP) is 3.99. The van der Waals surface area contributed by atoms with Crippen molar-refractivity contribution in [3.63, 3.8) is 0 Å². The number of thiol groups is 1. The molecule has 17 heavy (non-hydrogen) atoms. The molecule has 1 aliphatic heterocycles. The van der Waals surface area contributed by atoms with E-state index in [1.807, 2.05) is 0 Å². The Balaban J connectivity index is 1.85. The molecule has 0 aromatic heterocycles. The van der Waals surface area contributed by atoms with Crippen LogP contribution < -0.4 is 0 Å². The van der Waals surface area contributed by atoms with Crippen LogP contribution in [0.15, 0.2) is 0 Å². The molecule has 0 N–H and O–H groups in total. The van der Waals surface area contributed by atoms with Gasteiger partial charge in [0.05, 0.1) is 0 Å². The highest BCUT2D eigenvalue weighted by molar-refractivity contribution is 7.80. The molecule has 2 atom stereocenters. The summed E-state index contributed by atoms with van der Waals surface area (Å²) in [6.07, 6.45) is 11.5. The van der Waals surface area contributed by atoms with Gasteiger partial charge in [-0.2, -0.15) is 12.6 Å². The molecule has 0 radical (unpaired) electrons. The van der Waals surface area contributed by atoms with Crippen LogP contribution in [-0.4, -0.2) is 29.8 Å². The molecule has 2 heteroatoms. The summed E-state index contributed by atoms with van der Waals surface area (Å²) < 4.78 is 0. The van der Waals surface area contributed by atoms with Gasteiger partial charge in [0.1, 0.15) is 0 Å². The summed E-state index contributed by atoms with van der Waals surface area (Å²) in [6, 6.07) is 0.928. The molecular weight excluding hydrogens is 226 g/mol. The second-order valence-corrected chi connectivity index (χ2v) is 6.45. The van der Waals surface area contributed by atoms with Gasteiger partial charge in [-0.3, -0.25) is 4.90 Å². The SMILES string of the molecule is CCCC(CS)CN1CCCC1C1CCCC1. The standard InChI is InChI=1S/C15H29NS/c1-2-6-13(12-17)11-16-10-5-9-15(16)14-7-3-4-8-14/h13-15,17H,2-12H2,1H3. The maximum atomic E-state index is 4.54. The van der Waals surface area contributed by atoms with E-state index in [9.17, 15) is 0 Å². The van der Waals surface area contributed by atoms with Gasteiger partial charge in [0.2, 0.25) is 0 Å². The van der Waals surface area contributed by atoms with E-state index >= 15 is 0 Å². The topological polar surface area (TPSA) is 3.24 Å². The van der Waals surface area contributed by atoms with Gasteiger partial charge in [0.25, 0.3) is 0 Å². The van der Waals surface area contributed by atoms with Crippen LogP contribution in [0.4, 0.5) is 0 Å². The minimum absolute atomic E-state index is 0.824. The first-order valence-corrected chi connectivity index (χ1v) is 8.33. The van der Waals surface area contributed by atoms with Crippen molar-refractivity contribution in [1.82, 2.24) is 4.90 Å². The zero-order valence-corrected chi connectivity index (χ0v) is 12.3. The molecule has 0 aromatic carbocycles. The third-order valence-corrected chi connectivity index (χ3v) is 5.32. The number of rotatable bonds is 6. The molecule has 1 aliphatic carbocycles. The molecular formula is C15H29NS. The van der Waals surface area contributed by atoms with Gasteiger partial charge in [-0.15, -0.1) is 0 Å². The normalized spacial score (nSPS) is 28.9. The van der Waals surface area contributed by atoms with Crippen molar-refractivity contribution >= 4 is 12.6 Å². The van der Waals surface area contributed by atoms with Gasteiger partial charge >= 0.3 is 0 Å². The highest BCUT2D eigenvalue weighted by atomic mass is 32.1. The third kappa shape index (κ3) is 3.64. The zero-order chi connectivity index (χ0) is 12.1. The Labute approximate surface area is 113 Å². The molecule has 0 amide bonds. The minimum Gasteiger partial charge on any atom is -0.300 e. The number of hydrogen-bond donors (Lipinski definition) is 1. The van der Waals surface area contributed by atoms with E-state index in [2.05, 4.69) is 24.5 Å². The maximum Gasteiger partial charge on any atom is 0.0124 e. The highest BCUT2D eigenvalue weighted by Gasteiger charge is 2.33. The van der Waals surface area contributed by atoms with Crippen LogP contribution in [0.3, 0.4) is 0 Å². The first kappa shape index (κ1) is 13.7. The first-order valence-electron chi connectivity index (χ1n) is 7.70. The molecule has 100 valence electrons. The molecule has 1 heterocycles. The van der Waals surface area contributed by atoms with E-state index in [4.69, 9.17) is 0 Å². The van der Waals surface area contributed by atoms with Crippen molar-refractivity contribution in [3.05, 3.63) is 0 Å². The quantitative estimate of drug-likeness (QED) is 0.703. The van der Waals surface area contributed by atoms with Crippen LogP contribution in [-0.2, 0) is 0 Å². The van der Waals surface area contributed by atoms with Crippen LogP contribution in [0.5, 0.6) is 0 Å². The lowest BCUT2D eigenvalue weighted by atomic mass is 9.95. The predicted molar refractivity (Wildman–Crippen MR) is 78.8 cm³/mol. The lowest BCUT2D eigenvalue weighted by Gasteiger charge is -2.32. The van der Waals surface area contributed by atoms with E-state index in [0.29, 0.717) is 0 Å². The number of hydrogen-bond acceptors (Lipinski definition) is 2. The van der Waals surface area contributed by atoms with E-state index in [1.54, 1.807) is 0 Å². The molecule has 1 saturated carbocycles. The van der Waals surface area contributed by atoms with Crippen molar-refractivity contribution in [2.24, 2.45) is 11.8 Å². The largest absolute Gasteiger partial charge is 0.300 e. The van der Waals surface area contributed by atoms with E-state index in [-0.39, 0.29) is 0 Å². The van der Waals surface area contributed by atoms with Crippen LogP contribution in [0, 0.1) is 11.8 Å².